The summed E-state index contributed by atoms with van der Waals surface area (Å²) in [6, 6.07) is 8.57. The zero-order valence-corrected chi connectivity index (χ0v) is 11.3. The Hall–Kier alpha value is -1.35. The average molecular weight is 246 g/mol. The Bertz CT molecular complexity index is 417. The standard InChI is InChI=1S/C15H22N2O/c1-3-10-16-12(2)11-17-14-7-5-4-6-13(14)8-9-15(17)18/h4-7,12,16H,3,8-11H2,1-2H3. The second kappa shape index (κ2) is 6.01. The lowest BCUT2D eigenvalue weighted by Gasteiger charge is -2.31. The highest BCUT2D eigenvalue weighted by Crippen LogP contribution is 2.27. The Morgan fingerprint density at radius 1 is 1.33 bits per heavy atom. The SMILES string of the molecule is CCCNC(C)CN1C(=O)CCc2ccccc21. The van der Waals surface area contributed by atoms with Gasteiger partial charge in [-0.15, -0.1) is 0 Å². The minimum absolute atomic E-state index is 0.249. The summed E-state index contributed by atoms with van der Waals surface area (Å²) < 4.78 is 0. The molecule has 1 N–H and O–H groups in total. The predicted molar refractivity (Wildman–Crippen MR) is 74.9 cm³/mol. The number of nitrogens with one attached hydrogen (secondary N) is 1. The summed E-state index contributed by atoms with van der Waals surface area (Å²) in [5.74, 6) is 0.249. The minimum Gasteiger partial charge on any atom is -0.312 e. The number of anilines is 1. The van der Waals surface area contributed by atoms with Crippen LogP contribution in [0.5, 0.6) is 0 Å². The summed E-state index contributed by atoms with van der Waals surface area (Å²) in [5.41, 5.74) is 2.39. The van der Waals surface area contributed by atoms with Crippen LogP contribution in [0.3, 0.4) is 0 Å². The minimum atomic E-state index is 0.249. The third-order valence-corrected chi connectivity index (χ3v) is 3.39. The van der Waals surface area contributed by atoms with Gasteiger partial charge in [0.15, 0.2) is 0 Å². The number of aryl methyl sites for hydroxylation is 1. The fourth-order valence-corrected chi connectivity index (χ4v) is 2.43. The molecular formula is C15H22N2O. The van der Waals surface area contributed by atoms with E-state index < -0.39 is 0 Å². The van der Waals surface area contributed by atoms with Gasteiger partial charge in [-0.1, -0.05) is 25.1 Å². The smallest absolute Gasteiger partial charge is 0.227 e. The summed E-state index contributed by atoms with van der Waals surface area (Å²) in [4.78, 5) is 14.0. The first-order valence-corrected chi connectivity index (χ1v) is 6.84. The molecule has 2 rings (SSSR count). The highest BCUT2D eigenvalue weighted by Gasteiger charge is 2.24. The highest BCUT2D eigenvalue weighted by atomic mass is 16.2. The number of para-hydroxylation sites is 1. The van der Waals surface area contributed by atoms with Crippen molar-refractivity contribution in [3.63, 3.8) is 0 Å². The van der Waals surface area contributed by atoms with Crippen molar-refractivity contribution in [3.05, 3.63) is 29.8 Å². The van der Waals surface area contributed by atoms with E-state index in [9.17, 15) is 4.79 Å². The largest absolute Gasteiger partial charge is 0.312 e. The van der Waals surface area contributed by atoms with Gasteiger partial charge >= 0.3 is 0 Å². The molecule has 0 saturated carbocycles. The number of benzene rings is 1. The lowest BCUT2D eigenvalue weighted by molar-refractivity contribution is -0.119. The van der Waals surface area contributed by atoms with Gasteiger partial charge in [-0.25, -0.2) is 0 Å². The summed E-state index contributed by atoms with van der Waals surface area (Å²) in [7, 11) is 0. The van der Waals surface area contributed by atoms with Crippen LogP contribution in [0.15, 0.2) is 24.3 Å². The van der Waals surface area contributed by atoms with Crippen LogP contribution in [0.4, 0.5) is 5.69 Å². The first-order chi connectivity index (χ1) is 8.72. The molecule has 0 bridgehead atoms. The normalized spacial score (nSPS) is 16.6. The molecule has 0 radical (unpaired) electrons. The van der Waals surface area contributed by atoms with Crippen molar-refractivity contribution in [2.75, 3.05) is 18.0 Å². The van der Waals surface area contributed by atoms with Crippen molar-refractivity contribution in [1.29, 1.82) is 0 Å². The maximum absolute atomic E-state index is 12.1. The van der Waals surface area contributed by atoms with Crippen molar-refractivity contribution < 1.29 is 4.79 Å². The molecule has 0 aliphatic carbocycles. The first kappa shape index (κ1) is 13.1. The lowest BCUT2D eigenvalue weighted by Crippen LogP contribution is -2.44. The lowest BCUT2D eigenvalue weighted by atomic mass is 10.0. The van der Waals surface area contributed by atoms with E-state index in [4.69, 9.17) is 0 Å². The number of amides is 1. The van der Waals surface area contributed by atoms with Crippen molar-refractivity contribution in [3.8, 4) is 0 Å². The summed E-state index contributed by atoms with van der Waals surface area (Å²) in [6.45, 7) is 6.06. The van der Waals surface area contributed by atoms with Crippen molar-refractivity contribution in [2.24, 2.45) is 0 Å². The molecule has 3 heteroatoms. The second-order valence-corrected chi connectivity index (χ2v) is 4.99. The molecule has 1 atom stereocenters. The summed E-state index contributed by atoms with van der Waals surface area (Å²) in [6.07, 6.45) is 2.63. The summed E-state index contributed by atoms with van der Waals surface area (Å²) in [5, 5.41) is 3.44. The molecule has 0 saturated heterocycles. The van der Waals surface area contributed by atoms with Crippen LogP contribution in [-0.4, -0.2) is 25.0 Å². The number of fused-ring (bicyclic) bond motifs is 1. The van der Waals surface area contributed by atoms with Crippen molar-refractivity contribution >= 4 is 11.6 Å². The topological polar surface area (TPSA) is 32.3 Å². The molecule has 1 heterocycles. The van der Waals surface area contributed by atoms with Crippen LogP contribution in [0.2, 0.25) is 0 Å². The Balaban J connectivity index is 2.09. The number of carbonyl (C=O) groups is 1. The fourth-order valence-electron chi connectivity index (χ4n) is 2.43. The number of rotatable bonds is 5. The van der Waals surface area contributed by atoms with Crippen LogP contribution >= 0.6 is 0 Å². The van der Waals surface area contributed by atoms with Gasteiger partial charge < -0.3 is 10.2 Å². The summed E-state index contributed by atoms with van der Waals surface area (Å²) >= 11 is 0. The molecule has 0 spiro atoms. The Morgan fingerprint density at radius 3 is 2.89 bits per heavy atom. The zero-order valence-electron chi connectivity index (χ0n) is 11.3. The van der Waals surface area contributed by atoms with Gasteiger partial charge in [0.25, 0.3) is 0 Å². The van der Waals surface area contributed by atoms with Crippen LogP contribution in [0.1, 0.15) is 32.3 Å². The van der Waals surface area contributed by atoms with Gasteiger partial charge in [0, 0.05) is 24.7 Å². The van der Waals surface area contributed by atoms with E-state index in [0.29, 0.717) is 12.5 Å². The van der Waals surface area contributed by atoms with Crippen molar-refractivity contribution in [2.45, 2.75) is 39.2 Å². The van der Waals surface area contributed by atoms with E-state index in [2.05, 4.69) is 31.3 Å². The predicted octanol–water partition coefficient (Wildman–Crippen LogP) is 2.35. The molecule has 1 unspecified atom stereocenters. The Labute approximate surface area is 109 Å². The highest BCUT2D eigenvalue weighted by molar-refractivity contribution is 5.96. The Morgan fingerprint density at radius 2 is 2.11 bits per heavy atom. The number of hydrogen-bond donors (Lipinski definition) is 1. The molecule has 1 aromatic carbocycles. The van der Waals surface area contributed by atoms with Gasteiger partial charge in [0.2, 0.25) is 5.91 Å². The van der Waals surface area contributed by atoms with Crippen LogP contribution in [0, 0.1) is 0 Å². The van der Waals surface area contributed by atoms with Gasteiger partial charge in [-0.2, -0.15) is 0 Å². The molecule has 0 fully saturated rings. The third kappa shape index (κ3) is 2.91. The molecule has 1 amide bonds. The van der Waals surface area contributed by atoms with E-state index in [1.165, 1.54) is 5.56 Å². The van der Waals surface area contributed by atoms with Crippen molar-refractivity contribution in [1.82, 2.24) is 5.32 Å². The number of carbonyl (C=O) groups excluding carboxylic acids is 1. The van der Waals surface area contributed by atoms with E-state index in [-0.39, 0.29) is 5.91 Å². The second-order valence-electron chi connectivity index (χ2n) is 4.99. The average Bonchev–Trinajstić information content (AvgIpc) is 2.40. The molecule has 98 valence electrons. The van der Waals surface area contributed by atoms with Gasteiger partial charge in [-0.05, 0) is 37.9 Å². The third-order valence-electron chi connectivity index (χ3n) is 3.39. The van der Waals surface area contributed by atoms with E-state index in [1.54, 1.807) is 0 Å². The zero-order chi connectivity index (χ0) is 13.0. The quantitative estimate of drug-likeness (QED) is 0.865. The molecule has 1 aromatic rings. The maximum atomic E-state index is 12.1. The molecule has 18 heavy (non-hydrogen) atoms. The van der Waals surface area contributed by atoms with Gasteiger partial charge in [0.1, 0.15) is 0 Å². The van der Waals surface area contributed by atoms with Crippen LogP contribution in [-0.2, 0) is 11.2 Å². The maximum Gasteiger partial charge on any atom is 0.227 e. The number of nitrogens with zero attached hydrogens (tertiary/aromatic N) is 1. The molecule has 0 aromatic heterocycles. The molecule has 1 aliphatic rings. The molecular weight excluding hydrogens is 224 g/mol. The van der Waals surface area contributed by atoms with E-state index in [0.717, 1.165) is 31.6 Å². The van der Waals surface area contributed by atoms with Crippen LogP contribution in [0.25, 0.3) is 0 Å². The first-order valence-electron chi connectivity index (χ1n) is 6.84. The molecule has 1 aliphatic heterocycles. The Kier molecular flexibility index (Phi) is 4.37. The number of hydrogen-bond acceptors (Lipinski definition) is 2. The van der Waals surface area contributed by atoms with E-state index >= 15 is 0 Å². The fraction of sp³-hybridized carbons (Fsp3) is 0.533. The van der Waals surface area contributed by atoms with Crippen LogP contribution < -0.4 is 10.2 Å². The monoisotopic (exact) mass is 246 g/mol. The van der Waals surface area contributed by atoms with Gasteiger partial charge in [-0.3, -0.25) is 4.79 Å². The van der Waals surface area contributed by atoms with Gasteiger partial charge in [0.05, 0.1) is 0 Å². The molecule has 3 nitrogen and oxygen atoms in total. The van der Waals surface area contributed by atoms with E-state index in [1.807, 2.05) is 17.0 Å².